The third-order valence-corrected chi connectivity index (χ3v) is 2.01. The largest absolute Gasteiger partial charge is 0.478 e. The quantitative estimate of drug-likeness (QED) is 0.763. The van der Waals surface area contributed by atoms with Crippen LogP contribution in [0.3, 0.4) is 0 Å². The van der Waals surface area contributed by atoms with E-state index in [1.807, 2.05) is 6.92 Å². The number of unbranched alkanes of at least 4 members (excludes halogenated alkanes) is 1. The Morgan fingerprint density at radius 2 is 2.21 bits per heavy atom. The van der Waals surface area contributed by atoms with Crippen LogP contribution in [0.15, 0.2) is 16.9 Å². The number of rotatable bonds is 4. The van der Waals surface area contributed by atoms with Crippen LogP contribution in [0.4, 0.5) is 0 Å². The number of aromatic nitrogens is 1. The van der Waals surface area contributed by atoms with Gasteiger partial charge in [-0.15, -0.1) is 0 Å². The van der Waals surface area contributed by atoms with Crippen molar-refractivity contribution in [3.63, 3.8) is 0 Å². The van der Waals surface area contributed by atoms with Crippen LogP contribution in [0, 0.1) is 0 Å². The Kier molecular flexibility index (Phi) is 3.45. The highest BCUT2D eigenvalue weighted by atomic mass is 16.4. The molecular weight excluding hydrogens is 182 g/mol. The number of carbonyl (C=O) groups is 1. The zero-order valence-corrected chi connectivity index (χ0v) is 8.04. The number of carboxylic acid groups (broad SMARTS) is 1. The summed E-state index contributed by atoms with van der Waals surface area (Å²) in [6.45, 7) is 2.02. The maximum Gasteiger partial charge on any atom is 0.337 e. The molecule has 0 unspecified atom stereocenters. The average Bonchev–Trinajstić information content (AvgIpc) is 2.14. The van der Waals surface area contributed by atoms with Gasteiger partial charge in [0.25, 0.3) is 0 Å². The lowest BCUT2D eigenvalue weighted by molar-refractivity contribution is 0.0695. The van der Waals surface area contributed by atoms with Crippen LogP contribution >= 0.6 is 0 Å². The molecule has 0 saturated heterocycles. The molecule has 0 spiro atoms. The zero-order valence-electron chi connectivity index (χ0n) is 8.04. The summed E-state index contributed by atoms with van der Waals surface area (Å²) in [5.74, 6) is -0.993. The van der Waals surface area contributed by atoms with E-state index in [4.69, 9.17) is 5.11 Å². The summed E-state index contributed by atoms with van der Waals surface area (Å²) in [6.07, 6.45) is 2.45. The number of nitrogens with one attached hydrogen (secondary N) is 1. The number of hydrogen-bond acceptors (Lipinski definition) is 2. The molecule has 0 atom stereocenters. The van der Waals surface area contributed by atoms with Crippen LogP contribution in [-0.4, -0.2) is 16.1 Å². The van der Waals surface area contributed by atoms with Crippen molar-refractivity contribution >= 4 is 5.97 Å². The molecule has 0 aliphatic rings. The van der Waals surface area contributed by atoms with Gasteiger partial charge in [-0.05, 0) is 18.9 Å². The minimum atomic E-state index is -0.993. The van der Waals surface area contributed by atoms with Crippen LogP contribution in [0.1, 0.15) is 35.8 Å². The Bertz CT molecular complexity index is 381. The van der Waals surface area contributed by atoms with Crippen molar-refractivity contribution in [1.82, 2.24) is 4.98 Å². The van der Waals surface area contributed by atoms with Crippen molar-refractivity contribution < 1.29 is 9.90 Å². The number of pyridine rings is 1. The Morgan fingerprint density at radius 1 is 1.50 bits per heavy atom. The molecule has 0 amide bonds. The Balaban J connectivity index is 3.03. The van der Waals surface area contributed by atoms with Crippen molar-refractivity contribution in [3.8, 4) is 0 Å². The Hall–Kier alpha value is -1.58. The summed E-state index contributed by atoms with van der Waals surface area (Å²) in [5.41, 5.74) is 0.464. The first-order valence-electron chi connectivity index (χ1n) is 4.60. The molecule has 1 rings (SSSR count). The van der Waals surface area contributed by atoms with Crippen LogP contribution in [0.2, 0.25) is 0 Å². The van der Waals surface area contributed by atoms with Crippen LogP contribution in [0.5, 0.6) is 0 Å². The lowest BCUT2D eigenvalue weighted by atomic mass is 10.1. The smallest absolute Gasteiger partial charge is 0.337 e. The van der Waals surface area contributed by atoms with Crippen molar-refractivity contribution in [2.24, 2.45) is 0 Å². The normalized spacial score (nSPS) is 10.1. The fourth-order valence-electron chi connectivity index (χ4n) is 1.27. The molecule has 1 aromatic heterocycles. The number of aryl methyl sites for hydroxylation is 1. The van der Waals surface area contributed by atoms with Gasteiger partial charge < -0.3 is 10.1 Å². The molecule has 1 aromatic rings. The van der Waals surface area contributed by atoms with E-state index in [-0.39, 0.29) is 11.1 Å². The van der Waals surface area contributed by atoms with E-state index in [1.54, 1.807) is 0 Å². The Morgan fingerprint density at radius 3 is 2.79 bits per heavy atom. The fourth-order valence-corrected chi connectivity index (χ4v) is 1.27. The van der Waals surface area contributed by atoms with Gasteiger partial charge in [0.05, 0.1) is 5.56 Å². The summed E-state index contributed by atoms with van der Waals surface area (Å²) in [7, 11) is 0. The highest BCUT2D eigenvalue weighted by Gasteiger charge is 2.09. The Labute approximate surface area is 81.6 Å². The molecule has 4 heteroatoms. The maximum absolute atomic E-state index is 11.0. The molecule has 0 radical (unpaired) electrons. The SMILES string of the molecule is CCCCc1[nH]c(=O)ccc1C(=O)O. The van der Waals surface area contributed by atoms with Crippen molar-refractivity contribution in [2.75, 3.05) is 0 Å². The molecule has 0 aliphatic heterocycles. The van der Waals surface area contributed by atoms with E-state index in [0.717, 1.165) is 12.8 Å². The van der Waals surface area contributed by atoms with Gasteiger partial charge in [0.2, 0.25) is 5.56 Å². The molecule has 0 aromatic carbocycles. The number of carboxylic acids is 1. The molecule has 4 nitrogen and oxygen atoms in total. The van der Waals surface area contributed by atoms with Crippen LogP contribution in [0.25, 0.3) is 0 Å². The van der Waals surface area contributed by atoms with Crippen molar-refractivity contribution in [1.29, 1.82) is 0 Å². The molecule has 76 valence electrons. The van der Waals surface area contributed by atoms with E-state index < -0.39 is 5.97 Å². The first-order chi connectivity index (χ1) is 6.65. The first kappa shape index (κ1) is 10.5. The van der Waals surface area contributed by atoms with E-state index in [2.05, 4.69) is 4.98 Å². The number of hydrogen-bond donors (Lipinski definition) is 2. The van der Waals surface area contributed by atoms with Crippen molar-refractivity contribution in [2.45, 2.75) is 26.2 Å². The highest BCUT2D eigenvalue weighted by Crippen LogP contribution is 2.07. The van der Waals surface area contributed by atoms with E-state index in [0.29, 0.717) is 12.1 Å². The van der Waals surface area contributed by atoms with Gasteiger partial charge in [0.15, 0.2) is 0 Å². The molecule has 0 fully saturated rings. The maximum atomic E-state index is 11.0. The van der Waals surface area contributed by atoms with Gasteiger partial charge in [-0.2, -0.15) is 0 Å². The second-order valence-electron chi connectivity index (χ2n) is 3.12. The molecule has 0 aliphatic carbocycles. The lowest BCUT2D eigenvalue weighted by Crippen LogP contribution is -2.13. The molecule has 0 bridgehead atoms. The van der Waals surface area contributed by atoms with Gasteiger partial charge in [0.1, 0.15) is 0 Å². The molecule has 14 heavy (non-hydrogen) atoms. The summed E-state index contributed by atoms with van der Waals surface area (Å²) in [4.78, 5) is 24.3. The summed E-state index contributed by atoms with van der Waals surface area (Å²) in [6, 6.07) is 2.59. The number of H-pyrrole nitrogens is 1. The standard InChI is InChI=1S/C10H13NO3/c1-2-3-4-8-7(10(13)14)5-6-9(12)11-8/h5-6H,2-4H2,1H3,(H,11,12)(H,13,14). The number of aromatic carboxylic acids is 1. The van der Waals surface area contributed by atoms with Gasteiger partial charge in [-0.1, -0.05) is 13.3 Å². The van der Waals surface area contributed by atoms with Crippen molar-refractivity contribution in [3.05, 3.63) is 33.7 Å². The predicted molar refractivity (Wildman–Crippen MR) is 52.6 cm³/mol. The van der Waals surface area contributed by atoms with Gasteiger partial charge >= 0.3 is 5.97 Å². The van der Waals surface area contributed by atoms with E-state index in [9.17, 15) is 9.59 Å². The van der Waals surface area contributed by atoms with Crippen LogP contribution < -0.4 is 5.56 Å². The summed E-state index contributed by atoms with van der Waals surface area (Å²) < 4.78 is 0. The second-order valence-corrected chi connectivity index (χ2v) is 3.12. The molecule has 2 N–H and O–H groups in total. The van der Waals surface area contributed by atoms with Gasteiger partial charge in [-0.3, -0.25) is 4.79 Å². The number of aromatic amines is 1. The third kappa shape index (κ3) is 2.45. The average molecular weight is 195 g/mol. The minimum absolute atomic E-state index is 0.193. The van der Waals surface area contributed by atoms with Gasteiger partial charge in [-0.25, -0.2) is 4.79 Å². The summed E-state index contributed by atoms with van der Waals surface area (Å²) in [5, 5.41) is 8.83. The van der Waals surface area contributed by atoms with E-state index >= 15 is 0 Å². The van der Waals surface area contributed by atoms with Gasteiger partial charge in [0, 0.05) is 11.8 Å². The third-order valence-electron chi connectivity index (χ3n) is 2.01. The predicted octanol–water partition coefficient (Wildman–Crippen LogP) is 1.42. The molecular formula is C10H13NO3. The van der Waals surface area contributed by atoms with Crippen LogP contribution in [-0.2, 0) is 6.42 Å². The topological polar surface area (TPSA) is 70.2 Å². The molecule has 0 saturated carbocycles. The lowest BCUT2D eigenvalue weighted by Gasteiger charge is -2.03. The highest BCUT2D eigenvalue weighted by molar-refractivity contribution is 5.88. The fraction of sp³-hybridized carbons (Fsp3) is 0.400. The van der Waals surface area contributed by atoms with E-state index in [1.165, 1.54) is 12.1 Å². The zero-order chi connectivity index (χ0) is 10.6. The monoisotopic (exact) mass is 195 g/mol. The summed E-state index contributed by atoms with van der Waals surface area (Å²) >= 11 is 0. The first-order valence-corrected chi connectivity index (χ1v) is 4.60. The second kappa shape index (κ2) is 4.60. The molecule has 1 heterocycles. The minimum Gasteiger partial charge on any atom is -0.478 e.